The first-order valence-electron chi connectivity index (χ1n) is 15.5. The Balaban J connectivity index is 3.60. The van der Waals surface area contributed by atoms with Crippen LogP contribution in [0.25, 0.3) is 0 Å². The van der Waals surface area contributed by atoms with Crippen LogP contribution in [0.15, 0.2) is 12.2 Å². The lowest BCUT2D eigenvalue weighted by Crippen LogP contribution is -2.18. The van der Waals surface area contributed by atoms with Crippen LogP contribution in [0, 0.1) is 0 Å². The molecule has 0 heterocycles. The summed E-state index contributed by atoms with van der Waals surface area (Å²) in [6.07, 6.45) is 33.6. The lowest BCUT2D eigenvalue weighted by Gasteiger charge is -2.18. The van der Waals surface area contributed by atoms with Gasteiger partial charge in [0, 0.05) is 5.57 Å². The fourth-order valence-corrected chi connectivity index (χ4v) is 4.76. The maximum absolute atomic E-state index is 12.0. The molecule has 1 atom stereocenters. The van der Waals surface area contributed by atoms with Crippen molar-refractivity contribution in [2.75, 3.05) is 0 Å². The molecular weight excluding hydrogens is 416 g/mol. The van der Waals surface area contributed by atoms with Crippen molar-refractivity contribution < 1.29 is 9.53 Å². The highest BCUT2D eigenvalue weighted by molar-refractivity contribution is 5.87. The van der Waals surface area contributed by atoms with Gasteiger partial charge in [0.2, 0.25) is 0 Å². The Labute approximate surface area is 215 Å². The predicted molar refractivity (Wildman–Crippen MR) is 151 cm³/mol. The molecule has 0 aliphatic rings. The van der Waals surface area contributed by atoms with Gasteiger partial charge in [0.1, 0.15) is 6.10 Å². The van der Waals surface area contributed by atoms with Crippen molar-refractivity contribution in [3.63, 3.8) is 0 Å². The highest BCUT2D eigenvalue weighted by atomic mass is 16.5. The lowest BCUT2D eigenvalue weighted by molar-refractivity contribution is -0.145. The Morgan fingerprint density at radius 3 is 1.06 bits per heavy atom. The van der Waals surface area contributed by atoms with Crippen LogP contribution in [0.5, 0.6) is 0 Å². The molecule has 0 aliphatic heterocycles. The molecule has 0 aromatic heterocycles. The second-order valence-electron chi connectivity index (χ2n) is 10.8. The van der Waals surface area contributed by atoms with Gasteiger partial charge in [-0.2, -0.15) is 0 Å². The minimum absolute atomic E-state index is 0.0896. The van der Waals surface area contributed by atoms with E-state index in [1.54, 1.807) is 6.92 Å². The zero-order chi connectivity index (χ0) is 25.1. The molecule has 0 bridgehead atoms. The molecule has 202 valence electrons. The van der Waals surface area contributed by atoms with Gasteiger partial charge >= 0.3 is 5.97 Å². The van der Waals surface area contributed by atoms with Crippen LogP contribution < -0.4 is 0 Å². The maximum Gasteiger partial charge on any atom is 0.333 e. The molecule has 34 heavy (non-hydrogen) atoms. The second-order valence-corrected chi connectivity index (χ2v) is 10.8. The summed E-state index contributed by atoms with van der Waals surface area (Å²) in [7, 11) is 0. The molecule has 0 saturated carbocycles. The Kier molecular flexibility index (Phi) is 26.2. The number of hydrogen-bond acceptors (Lipinski definition) is 2. The third kappa shape index (κ3) is 24.3. The van der Waals surface area contributed by atoms with Crippen molar-refractivity contribution in [1.29, 1.82) is 0 Å². The first-order chi connectivity index (χ1) is 16.6. The minimum Gasteiger partial charge on any atom is -0.459 e. The van der Waals surface area contributed by atoms with E-state index in [4.69, 9.17) is 4.74 Å². The number of unbranched alkanes of at least 4 members (excludes halogenated alkanes) is 21. The third-order valence-electron chi connectivity index (χ3n) is 7.13. The monoisotopic (exact) mass is 478 g/mol. The maximum atomic E-state index is 12.0. The average molecular weight is 479 g/mol. The Morgan fingerprint density at radius 1 is 0.529 bits per heavy atom. The fraction of sp³-hybridized carbons (Fsp3) is 0.906. The van der Waals surface area contributed by atoms with Crippen molar-refractivity contribution in [3.8, 4) is 0 Å². The molecule has 0 spiro atoms. The number of rotatable bonds is 27. The third-order valence-corrected chi connectivity index (χ3v) is 7.13. The number of carbonyl (C=O) groups is 1. The van der Waals surface area contributed by atoms with Crippen LogP contribution in [0.2, 0.25) is 0 Å². The topological polar surface area (TPSA) is 26.3 Å². The SMILES string of the molecule is C=C(C)C(=O)OC(CCCCCCCC)CCCCCCCCCCCCCCCCCCC. The Hall–Kier alpha value is -0.790. The Morgan fingerprint density at radius 2 is 0.794 bits per heavy atom. The van der Waals surface area contributed by atoms with Gasteiger partial charge < -0.3 is 4.74 Å². The van der Waals surface area contributed by atoms with Gasteiger partial charge in [-0.05, 0) is 32.6 Å². The quantitative estimate of drug-likeness (QED) is 0.0666. The second kappa shape index (κ2) is 26.8. The van der Waals surface area contributed by atoms with Gasteiger partial charge in [0.25, 0.3) is 0 Å². The van der Waals surface area contributed by atoms with Gasteiger partial charge in [-0.1, -0.05) is 155 Å². The standard InChI is InChI=1S/C32H62O2/c1-5-7-9-11-13-14-15-16-17-18-19-20-21-22-23-25-27-29-31(34-32(33)30(3)4)28-26-24-12-10-8-6-2/h31H,3,5-29H2,1-2,4H3. The van der Waals surface area contributed by atoms with Crippen LogP contribution >= 0.6 is 0 Å². The van der Waals surface area contributed by atoms with Crippen LogP contribution in [-0.2, 0) is 9.53 Å². The normalized spacial score (nSPS) is 12.1. The predicted octanol–water partition coefficient (Wildman–Crippen LogP) is 11.3. The molecule has 0 fully saturated rings. The summed E-state index contributed by atoms with van der Waals surface area (Å²) >= 11 is 0. The van der Waals surface area contributed by atoms with E-state index in [1.165, 1.54) is 148 Å². The molecular formula is C32H62O2. The van der Waals surface area contributed by atoms with E-state index in [2.05, 4.69) is 20.4 Å². The van der Waals surface area contributed by atoms with E-state index in [0.29, 0.717) is 5.57 Å². The average Bonchev–Trinajstić information content (AvgIpc) is 2.82. The summed E-state index contributed by atoms with van der Waals surface area (Å²) < 4.78 is 5.73. The fourth-order valence-electron chi connectivity index (χ4n) is 4.76. The number of esters is 1. The Bertz CT molecular complexity index is 442. The van der Waals surface area contributed by atoms with Crippen molar-refractivity contribution in [2.45, 2.75) is 187 Å². The van der Waals surface area contributed by atoms with Gasteiger partial charge in [0.05, 0.1) is 0 Å². The number of ether oxygens (including phenoxy) is 1. The number of hydrogen-bond donors (Lipinski definition) is 0. The first-order valence-corrected chi connectivity index (χ1v) is 15.5. The minimum atomic E-state index is -0.206. The molecule has 0 radical (unpaired) electrons. The van der Waals surface area contributed by atoms with Gasteiger partial charge in [-0.25, -0.2) is 4.79 Å². The summed E-state index contributed by atoms with van der Waals surface area (Å²) in [5.74, 6) is -0.206. The van der Waals surface area contributed by atoms with Crippen molar-refractivity contribution >= 4 is 5.97 Å². The van der Waals surface area contributed by atoms with Crippen LogP contribution in [0.4, 0.5) is 0 Å². The molecule has 2 nitrogen and oxygen atoms in total. The summed E-state index contributed by atoms with van der Waals surface area (Å²) in [5, 5.41) is 0. The molecule has 0 N–H and O–H groups in total. The van der Waals surface area contributed by atoms with Gasteiger partial charge in [-0.15, -0.1) is 0 Å². The summed E-state index contributed by atoms with van der Waals surface area (Å²) in [6.45, 7) is 10.0. The molecule has 0 aromatic carbocycles. The van der Waals surface area contributed by atoms with Crippen molar-refractivity contribution in [1.82, 2.24) is 0 Å². The smallest absolute Gasteiger partial charge is 0.333 e. The zero-order valence-corrected chi connectivity index (χ0v) is 23.8. The highest BCUT2D eigenvalue weighted by Gasteiger charge is 2.14. The highest BCUT2D eigenvalue weighted by Crippen LogP contribution is 2.18. The summed E-state index contributed by atoms with van der Waals surface area (Å²) in [6, 6.07) is 0. The largest absolute Gasteiger partial charge is 0.459 e. The van der Waals surface area contributed by atoms with Gasteiger partial charge in [0.15, 0.2) is 0 Å². The van der Waals surface area contributed by atoms with Crippen molar-refractivity contribution in [3.05, 3.63) is 12.2 Å². The van der Waals surface area contributed by atoms with E-state index in [-0.39, 0.29) is 12.1 Å². The van der Waals surface area contributed by atoms with Gasteiger partial charge in [-0.3, -0.25) is 0 Å². The number of carbonyl (C=O) groups excluding carboxylic acids is 1. The zero-order valence-electron chi connectivity index (χ0n) is 23.8. The van der Waals surface area contributed by atoms with Crippen LogP contribution in [0.3, 0.4) is 0 Å². The van der Waals surface area contributed by atoms with Crippen LogP contribution in [0.1, 0.15) is 181 Å². The summed E-state index contributed by atoms with van der Waals surface area (Å²) in [4.78, 5) is 12.0. The van der Waals surface area contributed by atoms with Crippen LogP contribution in [-0.4, -0.2) is 12.1 Å². The molecule has 0 aromatic rings. The van der Waals surface area contributed by atoms with E-state index >= 15 is 0 Å². The molecule has 0 saturated heterocycles. The van der Waals surface area contributed by atoms with E-state index in [0.717, 1.165) is 12.8 Å². The van der Waals surface area contributed by atoms with E-state index < -0.39 is 0 Å². The van der Waals surface area contributed by atoms with E-state index in [1.807, 2.05) is 0 Å². The van der Waals surface area contributed by atoms with Crippen molar-refractivity contribution in [2.24, 2.45) is 0 Å². The first kappa shape index (κ1) is 33.2. The molecule has 0 rings (SSSR count). The molecule has 2 heteroatoms. The lowest BCUT2D eigenvalue weighted by atomic mass is 10.0. The molecule has 1 unspecified atom stereocenters. The molecule has 0 aliphatic carbocycles. The molecule has 0 amide bonds. The van der Waals surface area contributed by atoms with E-state index in [9.17, 15) is 4.79 Å². The summed E-state index contributed by atoms with van der Waals surface area (Å²) in [5.41, 5.74) is 0.523.